The molecule has 2 rings (SSSR count). The van der Waals surface area contributed by atoms with E-state index in [1.165, 1.54) is 11.8 Å². The first kappa shape index (κ1) is 16.5. The first-order valence-electron chi connectivity index (χ1n) is 7.44. The molecule has 1 N–H and O–H groups in total. The van der Waals surface area contributed by atoms with Crippen LogP contribution in [0.15, 0.2) is 42.6 Å². The van der Waals surface area contributed by atoms with Crippen LogP contribution < -0.4 is 5.32 Å². The second kappa shape index (κ2) is 7.45. The molecule has 22 heavy (non-hydrogen) atoms. The summed E-state index contributed by atoms with van der Waals surface area (Å²) in [5.74, 6) is 0.895. The quantitative estimate of drug-likeness (QED) is 0.811. The summed E-state index contributed by atoms with van der Waals surface area (Å²) in [6, 6.07) is 12.6. The Morgan fingerprint density at radius 1 is 1.23 bits per heavy atom. The molecule has 1 aromatic heterocycles. The Bertz CT molecular complexity index is 680. The lowest BCUT2D eigenvalue weighted by atomic mass is 10.1. The molecule has 0 unspecified atom stereocenters. The van der Waals surface area contributed by atoms with Crippen molar-refractivity contribution in [2.75, 3.05) is 17.3 Å². The molecule has 0 aliphatic carbocycles. The molecule has 0 amide bonds. The summed E-state index contributed by atoms with van der Waals surface area (Å²) in [6.07, 6.45) is 5.07. The van der Waals surface area contributed by atoms with Crippen LogP contribution in [0.25, 0.3) is 0 Å². The molecule has 1 aromatic carbocycles. The number of nitrogens with zero attached hydrogens (tertiary/aromatic N) is 2. The fourth-order valence-corrected chi connectivity index (χ4v) is 2.69. The van der Waals surface area contributed by atoms with E-state index in [1.807, 2.05) is 12.1 Å². The van der Waals surface area contributed by atoms with Crippen molar-refractivity contribution in [3.63, 3.8) is 0 Å². The lowest BCUT2D eigenvalue weighted by molar-refractivity contribution is 0.585. The second-order valence-corrected chi connectivity index (χ2v) is 7.92. The van der Waals surface area contributed by atoms with Crippen molar-refractivity contribution in [2.45, 2.75) is 32.4 Å². The van der Waals surface area contributed by atoms with E-state index >= 15 is 0 Å². The molecule has 2 aromatic rings. The van der Waals surface area contributed by atoms with Gasteiger partial charge in [0.05, 0.1) is 12.3 Å². The number of nitrogens with one attached hydrogen (secondary N) is 1. The number of sulfone groups is 1. The summed E-state index contributed by atoms with van der Waals surface area (Å²) in [5.41, 5.74) is 1.33. The van der Waals surface area contributed by atoms with Crippen molar-refractivity contribution in [3.8, 4) is 0 Å². The highest BCUT2D eigenvalue weighted by Gasteiger charge is 2.07. The number of aromatic nitrogens is 2. The van der Waals surface area contributed by atoms with Gasteiger partial charge in [-0.1, -0.05) is 30.3 Å². The third-order valence-electron chi connectivity index (χ3n) is 3.43. The van der Waals surface area contributed by atoms with Crippen LogP contribution in [0.2, 0.25) is 0 Å². The van der Waals surface area contributed by atoms with Gasteiger partial charge < -0.3 is 5.32 Å². The predicted octanol–water partition coefficient (Wildman–Crippen LogP) is 2.36. The molecule has 0 aliphatic rings. The van der Waals surface area contributed by atoms with Crippen LogP contribution in [0.3, 0.4) is 0 Å². The molecule has 0 saturated carbocycles. The zero-order chi connectivity index (χ0) is 16.0. The number of hydrogen-bond acceptors (Lipinski definition) is 4. The Morgan fingerprint density at radius 3 is 2.64 bits per heavy atom. The Hall–Kier alpha value is -1.82. The third-order valence-corrected chi connectivity index (χ3v) is 4.36. The molecule has 120 valence electrons. The minimum Gasteiger partial charge on any atom is -0.366 e. The molecule has 5 nitrogen and oxygen atoms in total. The van der Waals surface area contributed by atoms with Crippen molar-refractivity contribution in [1.29, 1.82) is 0 Å². The topological polar surface area (TPSA) is 64.0 Å². The van der Waals surface area contributed by atoms with Gasteiger partial charge in [-0.15, -0.1) is 0 Å². The van der Waals surface area contributed by atoms with Gasteiger partial charge in [-0.2, -0.15) is 5.10 Å². The van der Waals surface area contributed by atoms with E-state index in [4.69, 9.17) is 0 Å². The largest absolute Gasteiger partial charge is 0.366 e. The SMILES string of the molecule is C[C@H](CCc1ccccc1)Nc1ccn(CCS(C)(=O)=O)n1. The van der Waals surface area contributed by atoms with Crippen LogP contribution in [-0.2, 0) is 22.8 Å². The minimum absolute atomic E-state index is 0.109. The minimum atomic E-state index is -2.96. The number of benzene rings is 1. The summed E-state index contributed by atoms with van der Waals surface area (Å²) in [7, 11) is -2.96. The monoisotopic (exact) mass is 321 g/mol. The van der Waals surface area contributed by atoms with Crippen LogP contribution in [0.4, 0.5) is 5.82 Å². The molecule has 0 bridgehead atoms. The van der Waals surface area contributed by atoms with Gasteiger partial charge in [0.1, 0.15) is 15.7 Å². The summed E-state index contributed by atoms with van der Waals surface area (Å²) in [4.78, 5) is 0. The molecule has 0 radical (unpaired) electrons. The van der Waals surface area contributed by atoms with Crippen LogP contribution >= 0.6 is 0 Å². The Balaban J connectivity index is 1.79. The Morgan fingerprint density at radius 2 is 1.95 bits per heavy atom. The normalized spacial score (nSPS) is 13.0. The van der Waals surface area contributed by atoms with Crippen molar-refractivity contribution in [1.82, 2.24) is 9.78 Å². The van der Waals surface area contributed by atoms with Crippen LogP contribution in [0.5, 0.6) is 0 Å². The van der Waals surface area contributed by atoms with Gasteiger partial charge in [0.15, 0.2) is 0 Å². The van der Waals surface area contributed by atoms with Crippen molar-refractivity contribution < 1.29 is 8.42 Å². The molecule has 6 heteroatoms. The smallest absolute Gasteiger partial charge is 0.149 e. The van der Waals surface area contributed by atoms with E-state index in [2.05, 4.69) is 41.6 Å². The van der Waals surface area contributed by atoms with Crippen molar-refractivity contribution in [3.05, 3.63) is 48.2 Å². The second-order valence-electron chi connectivity index (χ2n) is 5.66. The lowest BCUT2D eigenvalue weighted by Gasteiger charge is -2.13. The molecule has 1 heterocycles. The average Bonchev–Trinajstić information content (AvgIpc) is 2.91. The van der Waals surface area contributed by atoms with Crippen LogP contribution in [0.1, 0.15) is 18.9 Å². The summed E-state index contributed by atoms with van der Waals surface area (Å²) < 4.78 is 24.0. The summed E-state index contributed by atoms with van der Waals surface area (Å²) >= 11 is 0. The Kier molecular flexibility index (Phi) is 5.60. The first-order valence-corrected chi connectivity index (χ1v) is 9.50. The van der Waals surface area contributed by atoms with E-state index in [1.54, 1.807) is 10.9 Å². The summed E-state index contributed by atoms with van der Waals surface area (Å²) in [5, 5.41) is 7.70. The van der Waals surface area contributed by atoms with Crippen molar-refractivity contribution in [2.24, 2.45) is 0 Å². The van der Waals surface area contributed by atoms with E-state index in [0.29, 0.717) is 12.6 Å². The zero-order valence-electron chi connectivity index (χ0n) is 13.1. The number of rotatable bonds is 8. The maximum absolute atomic E-state index is 11.2. The number of hydrogen-bond donors (Lipinski definition) is 1. The standard InChI is InChI=1S/C16H23N3O2S/c1-14(8-9-15-6-4-3-5-7-15)17-16-10-11-19(18-16)12-13-22(2,20)21/h3-7,10-11,14H,8-9,12-13H2,1-2H3,(H,17,18)/t14-/m1/s1. The van der Waals surface area contributed by atoms with Crippen molar-refractivity contribution >= 4 is 15.7 Å². The molecule has 1 atom stereocenters. The van der Waals surface area contributed by atoms with E-state index in [9.17, 15) is 8.42 Å². The third kappa shape index (κ3) is 5.89. The van der Waals surface area contributed by atoms with E-state index < -0.39 is 9.84 Å². The molecule has 0 aliphatic heterocycles. The highest BCUT2D eigenvalue weighted by molar-refractivity contribution is 7.90. The van der Waals surface area contributed by atoms with E-state index in [-0.39, 0.29) is 5.75 Å². The molecular weight excluding hydrogens is 298 g/mol. The predicted molar refractivity (Wildman–Crippen MR) is 89.8 cm³/mol. The number of aryl methyl sites for hydroxylation is 2. The van der Waals surface area contributed by atoms with Crippen LogP contribution in [0, 0.1) is 0 Å². The van der Waals surface area contributed by atoms with Crippen LogP contribution in [-0.4, -0.2) is 36.2 Å². The maximum Gasteiger partial charge on any atom is 0.149 e. The fraction of sp³-hybridized carbons (Fsp3) is 0.438. The molecular formula is C16H23N3O2S. The number of anilines is 1. The van der Waals surface area contributed by atoms with Gasteiger partial charge in [0, 0.05) is 24.6 Å². The zero-order valence-corrected chi connectivity index (χ0v) is 13.9. The fourth-order valence-electron chi connectivity index (χ4n) is 2.18. The molecule has 0 fully saturated rings. The molecule has 0 spiro atoms. The average molecular weight is 321 g/mol. The van der Waals surface area contributed by atoms with Gasteiger partial charge in [-0.25, -0.2) is 8.42 Å². The molecule has 0 saturated heterocycles. The van der Waals surface area contributed by atoms with E-state index in [0.717, 1.165) is 18.7 Å². The van der Waals surface area contributed by atoms with Gasteiger partial charge in [-0.3, -0.25) is 4.68 Å². The highest BCUT2D eigenvalue weighted by Crippen LogP contribution is 2.10. The van der Waals surface area contributed by atoms with Gasteiger partial charge in [0.25, 0.3) is 0 Å². The van der Waals surface area contributed by atoms with Gasteiger partial charge >= 0.3 is 0 Å². The Labute approximate surface area is 132 Å². The maximum atomic E-state index is 11.2. The van der Waals surface area contributed by atoms with Gasteiger partial charge in [-0.05, 0) is 25.3 Å². The first-order chi connectivity index (χ1) is 10.4. The highest BCUT2D eigenvalue weighted by atomic mass is 32.2. The summed E-state index contributed by atoms with van der Waals surface area (Å²) in [6.45, 7) is 2.51. The lowest BCUT2D eigenvalue weighted by Crippen LogP contribution is -2.17. The van der Waals surface area contributed by atoms with Gasteiger partial charge in [0.2, 0.25) is 0 Å².